The van der Waals surface area contributed by atoms with Gasteiger partial charge in [-0.3, -0.25) is 4.79 Å². The number of hydrogen-bond donors (Lipinski definition) is 1. The van der Waals surface area contributed by atoms with E-state index >= 15 is 0 Å². The number of benzene rings is 1. The van der Waals surface area contributed by atoms with E-state index in [0.29, 0.717) is 5.56 Å². The van der Waals surface area contributed by atoms with E-state index in [4.69, 9.17) is 10.5 Å². The van der Waals surface area contributed by atoms with Crippen LogP contribution < -0.4 is 10.6 Å². The number of hydrogen-bond acceptors (Lipinski definition) is 3. The zero-order chi connectivity index (χ0) is 10.7. The summed E-state index contributed by atoms with van der Waals surface area (Å²) in [5.74, 6) is -0.384. The van der Waals surface area contributed by atoms with E-state index in [1.54, 1.807) is 6.07 Å². The second-order valence-corrected chi connectivity index (χ2v) is 3.51. The highest BCUT2D eigenvalue weighted by Crippen LogP contribution is 2.17. The van der Waals surface area contributed by atoms with E-state index < -0.39 is 0 Å². The zero-order valence-corrected chi connectivity index (χ0v) is 9.70. The van der Waals surface area contributed by atoms with Gasteiger partial charge in [-0.25, -0.2) is 0 Å². The van der Waals surface area contributed by atoms with Crippen LogP contribution in [0.4, 0.5) is 5.69 Å². The summed E-state index contributed by atoms with van der Waals surface area (Å²) in [6.07, 6.45) is 0. The highest BCUT2D eigenvalue weighted by Gasteiger charge is 2.11. The van der Waals surface area contributed by atoms with Crippen LogP contribution in [-0.4, -0.2) is 32.2 Å². The van der Waals surface area contributed by atoms with Crippen LogP contribution in [-0.2, 0) is 4.74 Å². The van der Waals surface area contributed by atoms with Gasteiger partial charge in [-0.15, -0.1) is 12.4 Å². The number of anilines is 1. The minimum Gasteiger partial charge on any atom is -0.378 e. The first-order chi connectivity index (χ1) is 7.27. The minimum atomic E-state index is -0.384. The lowest BCUT2D eigenvalue weighted by Gasteiger charge is -2.29. The van der Waals surface area contributed by atoms with Crippen LogP contribution in [0.5, 0.6) is 0 Å². The minimum absolute atomic E-state index is 0. The second kappa shape index (κ2) is 5.72. The number of primary amides is 1. The van der Waals surface area contributed by atoms with Crippen LogP contribution in [0.2, 0.25) is 0 Å². The van der Waals surface area contributed by atoms with E-state index in [1.807, 2.05) is 18.2 Å². The first-order valence-corrected chi connectivity index (χ1v) is 5.00. The average Bonchev–Trinajstić information content (AvgIpc) is 2.30. The normalized spacial score (nSPS) is 15.4. The molecule has 88 valence electrons. The molecule has 1 saturated heterocycles. The topological polar surface area (TPSA) is 55.6 Å². The van der Waals surface area contributed by atoms with Crippen molar-refractivity contribution in [2.75, 3.05) is 31.2 Å². The summed E-state index contributed by atoms with van der Waals surface area (Å²) >= 11 is 0. The number of ether oxygens (including phenoxy) is 1. The molecule has 1 aromatic carbocycles. The van der Waals surface area contributed by atoms with Gasteiger partial charge >= 0.3 is 0 Å². The monoisotopic (exact) mass is 242 g/mol. The van der Waals surface area contributed by atoms with Crippen molar-refractivity contribution in [1.82, 2.24) is 0 Å². The summed E-state index contributed by atoms with van der Waals surface area (Å²) in [4.78, 5) is 13.2. The summed E-state index contributed by atoms with van der Waals surface area (Å²) in [5.41, 5.74) is 6.82. The predicted octanol–water partition coefficient (Wildman–Crippen LogP) is 1.04. The van der Waals surface area contributed by atoms with Gasteiger partial charge in [-0.05, 0) is 18.2 Å². The highest BCUT2D eigenvalue weighted by atomic mass is 35.5. The Hall–Kier alpha value is -1.26. The van der Waals surface area contributed by atoms with Crippen molar-refractivity contribution in [1.29, 1.82) is 0 Å². The van der Waals surface area contributed by atoms with Gasteiger partial charge in [0.25, 0.3) is 0 Å². The van der Waals surface area contributed by atoms with Crippen LogP contribution in [0.25, 0.3) is 0 Å². The number of carbonyl (C=O) groups excluding carboxylic acids is 1. The summed E-state index contributed by atoms with van der Waals surface area (Å²) in [5, 5.41) is 0. The Bertz CT molecular complexity index is 365. The van der Waals surface area contributed by atoms with Gasteiger partial charge in [-0.1, -0.05) is 6.07 Å². The molecule has 0 unspecified atom stereocenters. The molecule has 1 amide bonds. The largest absolute Gasteiger partial charge is 0.378 e. The van der Waals surface area contributed by atoms with Crippen molar-refractivity contribution in [2.24, 2.45) is 5.73 Å². The van der Waals surface area contributed by atoms with Crippen molar-refractivity contribution in [3.63, 3.8) is 0 Å². The lowest BCUT2D eigenvalue weighted by molar-refractivity contribution is 0.100. The van der Waals surface area contributed by atoms with Crippen molar-refractivity contribution in [3.8, 4) is 0 Å². The third kappa shape index (κ3) is 2.87. The van der Waals surface area contributed by atoms with Gasteiger partial charge in [0.15, 0.2) is 0 Å². The molecule has 1 aliphatic rings. The number of morpholine rings is 1. The van der Waals surface area contributed by atoms with E-state index in [0.717, 1.165) is 32.0 Å². The SMILES string of the molecule is Cl.NC(=O)c1cccc(N2CCOCC2)c1. The van der Waals surface area contributed by atoms with Gasteiger partial charge in [0.1, 0.15) is 0 Å². The van der Waals surface area contributed by atoms with E-state index in [1.165, 1.54) is 0 Å². The van der Waals surface area contributed by atoms with Crippen LogP contribution in [0.1, 0.15) is 10.4 Å². The molecule has 0 bridgehead atoms. The molecule has 5 heteroatoms. The van der Waals surface area contributed by atoms with Crippen molar-refractivity contribution in [2.45, 2.75) is 0 Å². The summed E-state index contributed by atoms with van der Waals surface area (Å²) in [7, 11) is 0. The molecule has 16 heavy (non-hydrogen) atoms. The van der Waals surface area contributed by atoms with Gasteiger partial charge in [0.05, 0.1) is 13.2 Å². The van der Waals surface area contributed by atoms with Crippen molar-refractivity contribution >= 4 is 24.0 Å². The second-order valence-electron chi connectivity index (χ2n) is 3.51. The standard InChI is InChI=1S/C11H14N2O2.ClH/c12-11(14)9-2-1-3-10(8-9)13-4-6-15-7-5-13;/h1-3,8H,4-7H2,(H2,12,14);1H. The highest BCUT2D eigenvalue weighted by molar-refractivity contribution is 5.93. The van der Waals surface area contributed by atoms with Gasteiger partial charge < -0.3 is 15.4 Å². The maximum atomic E-state index is 11.0. The fraction of sp³-hybridized carbons (Fsp3) is 0.364. The fourth-order valence-corrected chi connectivity index (χ4v) is 1.68. The van der Waals surface area contributed by atoms with E-state index in [-0.39, 0.29) is 18.3 Å². The summed E-state index contributed by atoms with van der Waals surface area (Å²) in [6.45, 7) is 3.20. The quantitative estimate of drug-likeness (QED) is 0.843. The van der Waals surface area contributed by atoms with Crippen molar-refractivity contribution < 1.29 is 9.53 Å². The van der Waals surface area contributed by atoms with E-state index in [9.17, 15) is 4.79 Å². The lowest BCUT2D eigenvalue weighted by atomic mass is 10.1. The fourth-order valence-electron chi connectivity index (χ4n) is 1.68. The molecule has 1 aromatic rings. The smallest absolute Gasteiger partial charge is 0.248 e. The molecule has 2 N–H and O–H groups in total. The average molecular weight is 243 g/mol. The molecule has 1 fully saturated rings. The molecule has 1 heterocycles. The molecule has 0 saturated carbocycles. The first-order valence-electron chi connectivity index (χ1n) is 5.00. The maximum absolute atomic E-state index is 11.0. The Morgan fingerprint density at radius 1 is 1.31 bits per heavy atom. The third-order valence-corrected chi connectivity index (χ3v) is 2.51. The molecular weight excluding hydrogens is 228 g/mol. The number of amides is 1. The number of halogens is 1. The molecule has 0 spiro atoms. The molecule has 4 nitrogen and oxygen atoms in total. The number of nitrogens with zero attached hydrogens (tertiary/aromatic N) is 1. The Labute approximate surface area is 101 Å². The van der Waals surface area contributed by atoms with E-state index in [2.05, 4.69) is 4.90 Å². The Morgan fingerprint density at radius 3 is 2.62 bits per heavy atom. The van der Waals surface area contributed by atoms with Crippen molar-refractivity contribution in [3.05, 3.63) is 29.8 Å². The molecule has 1 aliphatic heterocycles. The number of rotatable bonds is 2. The summed E-state index contributed by atoms with van der Waals surface area (Å²) in [6, 6.07) is 7.39. The van der Waals surface area contributed by atoms with Crippen LogP contribution in [0.3, 0.4) is 0 Å². The van der Waals surface area contributed by atoms with Gasteiger partial charge in [0.2, 0.25) is 5.91 Å². The number of nitrogens with two attached hydrogens (primary N) is 1. The third-order valence-electron chi connectivity index (χ3n) is 2.51. The molecule has 0 atom stereocenters. The van der Waals surface area contributed by atoms with Gasteiger partial charge in [-0.2, -0.15) is 0 Å². The first kappa shape index (κ1) is 12.8. The number of carbonyl (C=O) groups is 1. The van der Waals surface area contributed by atoms with Crippen LogP contribution >= 0.6 is 12.4 Å². The molecule has 0 radical (unpaired) electrons. The Morgan fingerprint density at radius 2 is 2.00 bits per heavy atom. The molecule has 2 rings (SSSR count). The summed E-state index contributed by atoms with van der Waals surface area (Å²) < 4.78 is 5.27. The van der Waals surface area contributed by atoms with Crippen LogP contribution in [0, 0.1) is 0 Å². The maximum Gasteiger partial charge on any atom is 0.248 e. The Balaban J connectivity index is 0.00000128. The molecule has 0 aromatic heterocycles. The molecular formula is C11H15ClN2O2. The van der Waals surface area contributed by atoms with Crippen LogP contribution in [0.15, 0.2) is 24.3 Å². The predicted molar refractivity (Wildman–Crippen MR) is 65.2 cm³/mol. The molecule has 0 aliphatic carbocycles. The zero-order valence-electron chi connectivity index (χ0n) is 8.89. The Kier molecular flexibility index (Phi) is 4.58. The van der Waals surface area contributed by atoms with Gasteiger partial charge in [0, 0.05) is 24.3 Å². The lowest BCUT2D eigenvalue weighted by Crippen LogP contribution is -2.36.